The molecule has 0 spiro atoms. The predicted octanol–water partition coefficient (Wildman–Crippen LogP) is 2.99. The van der Waals surface area contributed by atoms with Crippen LogP contribution in [0.25, 0.3) is 0 Å². The monoisotopic (exact) mass is 259 g/mol. The molecule has 0 fully saturated rings. The van der Waals surface area contributed by atoms with Crippen LogP contribution in [0.5, 0.6) is 0 Å². The Morgan fingerprint density at radius 2 is 1.94 bits per heavy atom. The lowest BCUT2D eigenvalue weighted by Crippen LogP contribution is -2.24. The van der Waals surface area contributed by atoms with Gasteiger partial charge in [0, 0.05) is 5.69 Å². The zero-order chi connectivity index (χ0) is 12.8. The molecule has 0 aliphatic rings. The number of nitrogens with zero attached hydrogens (tertiary/aromatic N) is 1. The number of nitrogens with one attached hydrogen (secondary N) is 2. The molecule has 2 rings (SSSR count). The second-order valence-electron chi connectivity index (χ2n) is 3.61. The van der Waals surface area contributed by atoms with Crippen molar-refractivity contribution in [3.63, 3.8) is 0 Å². The Morgan fingerprint density at radius 1 is 1.17 bits per heavy atom. The van der Waals surface area contributed by atoms with Crippen LogP contribution < -0.4 is 10.7 Å². The number of thiocarbonyl (C=S) groups is 1. The van der Waals surface area contributed by atoms with E-state index in [4.69, 9.17) is 16.6 Å². The minimum atomic E-state index is 0.437. The number of rotatable bonds is 3. The van der Waals surface area contributed by atoms with Crippen LogP contribution in [-0.2, 0) is 0 Å². The van der Waals surface area contributed by atoms with Gasteiger partial charge in [0.1, 0.15) is 11.5 Å². The van der Waals surface area contributed by atoms with E-state index in [9.17, 15) is 0 Å². The Morgan fingerprint density at radius 3 is 2.61 bits per heavy atom. The molecule has 0 amide bonds. The number of hydrogen-bond donors (Lipinski definition) is 2. The molecule has 0 saturated heterocycles. The topological polar surface area (TPSA) is 49.6 Å². The first kappa shape index (κ1) is 12.3. The maximum absolute atomic E-state index is 5.21. The van der Waals surface area contributed by atoms with Crippen LogP contribution in [0.2, 0.25) is 0 Å². The van der Waals surface area contributed by atoms with Gasteiger partial charge >= 0.3 is 0 Å². The zero-order valence-corrected chi connectivity index (χ0v) is 10.7. The third-order valence-corrected chi connectivity index (χ3v) is 2.43. The molecule has 0 aliphatic heterocycles. The fourth-order valence-electron chi connectivity index (χ4n) is 1.35. The van der Waals surface area contributed by atoms with E-state index in [2.05, 4.69) is 15.8 Å². The van der Waals surface area contributed by atoms with Crippen LogP contribution in [0.1, 0.15) is 12.7 Å². The summed E-state index contributed by atoms with van der Waals surface area (Å²) in [4.78, 5) is 0. The van der Waals surface area contributed by atoms with Gasteiger partial charge in [0.15, 0.2) is 5.11 Å². The minimum absolute atomic E-state index is 0.437. The molecule has 92 valence electrons. The number of furan rings is 1. The summed E-state index contributed by atoms with van der Waals surface area (Å²) < 4.78 is 5.21. The summed E-state index contributed by atoms with van der Waals surface area (Å²) in [6.07, 6.45) is 1.61. The first-order chi connectivity index (χ1) is 8.75. The fourth-order valence-corrected chi connectivity index (χ4v) is 1.52. The van der Waals surface area contributed by atoms with Gasteiger partial charge in [-0.15, -0.1) is 0 Å². The largest absolute Gasteiger partial charge is 0.463 e. The molecule has 0 radical (unpaired) electrons. The normalized spacial score (nSPS) is 11.1. The maximum atomic E-state index is 5.21. The van der Waals surface area contributed by atoms with Crippen molar-refractivity contribution in [2.45, 2.75) is 6.92 Å². The van der Waals surface area contributed by atoms with Gasteiger partial charge in [-0.3, -0.25) is 5.43 Å². The quantitative estimate of drug-likeness (QED) is 0.505. The van der Waals surface area contributed by atoms with E-state index >= 15 is 0 Å². The Labute approximate surface area is 111 Å². The summed E-state index contributed by atoms with van der Waals surface area (Å²) in [6.45, 7) is 1.84. The molecule has 0 unspecified atom stereocenters. The molecule has 1 aromatic heterocycles. The summed E-state index contributed by atoms with van der Waals surface area (Å²) in [7, 11) is 0. The van der Waals surface area contributed by atoms with Gasteiger partial charge in [0.05, 0.1) is 6.26 Å². The lowest BCUT2D eigenvalue weighted by atomic mass is 10.3. The first-order valence-corrected chi connectivity index (χ1v) is 5.87. The number of anilines is 1. The smallest absolute Gasteiger partial charge is 0.191 e. The van der Waals surface area contributed by atoms with Gasteiger partial charge in [-0.1, -0.05) is 18.2 Å². The van der Waals surface area contributed by atoms with E-state index in [1.54, 1.807) is 6.26 Å². The highest BCUT2D eigenvalue weighted by Gasteiger charge is 2.00. The molecule has 18 heavy (non-hydrogen) atoms. The molecular formula is C13H13N3OS. The van der Waals surface area contributed by atoms with Crippen LogP contribution >= 0.6 is 12.2 Å². The molecule has 1 heterocycles. The molecule has 4 nitrogen and oxygen atoms in total. The number of para-hydroxylation sites is 1. The lowest BCUT2D eigenvalue weighted by molar-refractivity contribution is 0.556. The van der Waals surface area contributed by atoms with E-state index in [0.717, 1.165) is 11.4 Å². The van der Waals surface area contributed by atoms with Gasteiger partial charge in [-0.2, -0.15) is 5.10 Å². The predicted molar refractivity (Wildman–Crippen MR) is 76.7 cm³/mol. The van der Waals surface area contributed by atoms with Crippen LogP contribution in [0.4, 0.5) is 5.69 Å². The van der Waals surface area contributed by atoms with Crippen molar-refractivity contribution in [2.75, 3.05) is 5.32 Å². The molecular weight excluding hydrogens is 246 g/mol. The maximum Gasteiger partial charge on any atom is 0.191 e. The summed E-state index contributed by atoms with van der Waals surface area (Å²) >= 11 is 5.12. The Kier molecular flexibility index (Phi) is 4.09. The fraction of sp³-hybridized carbons (Fsp3) is 0.0769. The van der Waals surface area contributed by atoms with Crippen LogP contribution in [0.3, 0.4) is 0 Å². The van der Waals surface area contributed by atoms with E-state index in [0.29, 0.717) is 10.9 Å². The van der Waals surface area contributed by atoms with Gasteiger partial charge in [0.2, 0.25) is 0 Å². The highest BCUT2D eigenvalue weighted by atomic mass is 32.1. The highest BCUT2D eigenvalue weighted by molar-refractivity contribution is 7.80. The number of hydrazone groups is 1. The van der Waals surface area contributed by atoms with Crippen molar-refractivity contribution >= 4 is 28.7 Å². The van der Waals surface area contributed by atoms with Gasteiger partial charge in [-0.05, 0) is 43.4 Å². The molecule has 2 aromatic rings. The SMILES string of the molecule is C/C(=N/NC(=S)Nc1ccccc1)c1ccco1. The van der Waals surface area contributed by atoms with E-state index in [-0.39, 0.29) is 0 Å². The van der Waals surface area contributed by atoms with Crippen molar-refractivity contribution in [2.24, 2.45) is 5.10 Å². The first-order valence-electron chi connectivity index (χ1n) is 5.46. The summed E-state index contributed by atoms with van der Waals surface area (Å²) in [5.74, 6) is 0.713. The molecule has 1 aromatic carbocycles. The van der Waals surface area contributed by atoms with Crippen molar-refractivity contribution < 1.29 is 4.42 Å². The van der Waals surface area contributed by atoms with Crippen LogP contribution in [-0.4, -0.2) is 10.8 Å². The summed E-state index contributed by atoms with van der Waals surface area (Å²) in [5.41, 5.74) is 4.42. The Bertz CT molecular complexity index is 535. The van der Waals surface area contributed by atoms with E-state index < -0.39 is 0 Å². The molecule has 0 saturated carbocycles. The number of benzene rings is 1. The third kappa shape index (κ3) is 3.43. The van der Waals surface area contributed by atoms with Gasteiger partial charge in [0.25, 0.3) is 0 Å². The Hall–Kier alpha value is -2.14. The van der Waals surface area contributed by atoms with E-state index in [1.165, 1.54) is 0 Å². The second-order valence-corrected chi connectivity index (χ2v) is 4.01. The van der Waals surface area contributed by atoms with Crippen LogP contribution in [0, 0.1) is 0 Å². The standard InChI is InChI=1S/C13H13N3OS/c1-10(12-8-5-9-17-12)15-16-13(18)14-11-6-3-2-4-7-11/h2-9H,1H3,(H2,14,16,18)/b15-10-. The third-order valence-electron chi connectivity index (χ3n) is 2.23. The highest BCUT2D eigenvalue weighted by Crippen LogP contribution is 2.04. The minimum Gasteiger partial charge on any atom is -0.463 e. The molecule has 0 atom stereocenters. The van der Waals surface area contributed by atoms with Crippen molar-refractivity contribution in [3.8, 4) is 0 Å². The van der Waals surface area contributed by atoms with Crippen molar-refractivity contribution in [3.05, 3.63) is 54.5 Å². The van der Waals surface area contributed by atoms with E-state index in [1.807, 2.05) is 49.4 Å². The number of hydrogen-bond acceptors (Lipinski definition) is 3. The molecule has 0 bridgehead atoms. The van der Waals surface area contributed by atoms with Gasteiger partial charge < -0.3 is 9.73 Å². The second kappa shape index (κ2) is 5.97. The van der Waals surface area contributed by atoms with Crippen LogP contribution in [0.15, 0.2) is 58.2 Å². The lowest BCUT2D eigenvalue weighted by Gasteiger charge is -2.06. The summed E-state index contributed by atoms with van der Waals surface area (Å²) in [6, 6.07) is 13.3. The molecule has 5 heteroatoms. The molecule has 2 N–H and O–H groups in total. The average Bonchev–Trinajstić information content (AvgIpc) is 2.91. The van der Waals surface area contributed by atoms with Crippen molar-refractivity contribution in [1.29, 1.82) is 0 Å². The van der Waals surface area contributed by atoms with Gasteiger partial charge in [-0.25, -0.2) is 0 Å². The average molecular weight is 259 g/mol. The zero-order valence-electron chi connectivity index (χ0n) is 9.88. The van der Waals surface area contributed by atoms with Crippen molar-refractivity contribution in [1.82, 2.24) is 5.43 Å². The summed E-state index contributed by atoms with van der Waals surface area (Å²) in [5, 5.41) is 7.59. The molecule has 0 aliphatic carbocycles. The Balaban J connectivity index is 1.91.